The van der Waals surface area contributed by atoms with Crippen LogP contribution in [0.5, 0.6) is 0 Å². The van der Waals surface area contributed by atoms with Crippen LogP contribution in [0.4, 0.5) is 0 Å². The van der Waals surface area contributed by atoms with E-state index in [1.807, 2.05) is 20.8 Å². The summed E-state index contributed by atoms with van der Waals surface area (Å²) in [5.74, 6) is -0.167. The summed E-state index contributed by atoms with van der Waals surface area (Å²) >= 11 is 0. The lowest BCUT2D eigenvalue weighted by Crippen LogP contribution is -2.13. The number of carboxylic acids is 1. The molecule has 0 saturated heterocycles. The number of rotatable bonds is 3. The second-order valence-electron chi connectivity index (χ2n) is 4.87. The average molecular weight is 251 g/mol. The zero-order valence-electron chi connectivity index (χ0n) is 10.3. The van der Waals surface area contributed by atoms with Gasteiger partial charge in [-0.15, -0.1) is 5.10 Å². The summed E-state index contributed by atoms with van der Waals surface area (Å²) in [5.41, 5.74) is -0.318. The third-order valence-electron chi connectivity index (χ3n) is 2.19. The molecule has 2 aromatic rings. The van der Waals surface area contributed by atoms with Crippen LogP contribution in [0.3, 0.4) is 0 Å². The normalized spacial score (nSPS) is 11.7. The van der Waals surface area contributed by atoms with Crippen LogP contribution in [0.1, 0.15) is 43.0 Å². The molecule has 8 heteroatoms. The van der Waals surface area contributed by atoms with Crippen LogP contribution in [-0.2, 0) is 12.0 Å². The van der Waals surface area contributed by atoms with E-state index in [9.17, 15) is 4.79 Å². The van der Waals surface area contributed by atoms with Crippen LogP contribution in [0.15, 0.2) is 10.7 Å². The number of nitrogens with zero attached hydrogens (tertiary/aromatic N) is 5. The van der Waals surface area contributed by atoms with Gasteiger partial charge >= 0.3 is 5.97 Å². The Kier molecular flexibility index (Phi) is 2.85. The Morgan fingerprint density at radius 3 is 2.72 bits per heavy atom. The summed E-state index contributed by atoms with van der Waals surface area (Å²) < 4.78 is 6.40. The zero-order valence-corrected chi connectivity index (χ0v) is 10.3. The molecule has 8 nitrogen and oxygen atoms in total. The standard InChI is InChI=1S/C10H13N5O3/c1-10(2,3)9-11-7(18-13-9)5-15-4-6(8(16)17)12-14-15/h4H,5H2,1-3H3,(H,16,17). The van der Waals surface area contributed by atoms with Crippen molar-refractivity contribution in [2.45, 2.75) is 32.7 Å². The molecule has 0 saturated carbocycles. The molecule has 0 atom stereocenters. The van der Waals surface area contributed by atoms with E-state index in [1.54, 1.807) is 0 Å². The number of hydrogen-bond acceptors (Lipinski definition) is 6. The number of carboxylic acid groups (broad SMARTS) is 1. The lowest BCUT2D eigenvalue weighted by Gasteiger charge is -2.10. The molecule has 2 rings (SSSR count). The Bertz CT molecular complexity index is 566. The summed E-state index contributed by atoms with van der Waals surface area (Å²) in [5, 5.41) is 19.7. The van der Waals surface area contributed by atoms with Gasteiger partial charge in [-0.1, -0.05) is 31.1 Å². The van der Waals surface area contributed by atoms with E-state index in [0.29, 0.717) is 11.7 Å². The fourth-order valence-corrected chi connectivity index (χ4v) is 1.24. The van der Waals surface area contributed by atoms with Gasteiger partial charge in [0.05, 0.1) is 6.20 Å². The molecule has 1 N–H and O–H groups in total. The topological polar surface area (TPSA) is 107 Å². The van der Waals surface area contributed by atoms with Gasteiger partial charge in [-0.3, -0.25) is 0 Å². The van der Waals surface area contributed by atoms with E-state index >= 15 is 0 Å². The quantitative estimate of drug-likeness (QED) is 0.855. The summed E-state index contributed by atoms with van der Waals surface area (Å²) in [4.78, 5) is 14.9. The first-order valence-corrected chi connectivity index (χ1v) is 5.33. The fraction of sp³-hybridized carbons (Fsp3) is 0.500. The van der Waals surface area contributed by atoms with E-state index in [0.717, 1.165) is 0 Å². The minimum Gasteiger partial charge on any atom is -0.476 e. The zero-order chi connectivity index (χ0) is 13.3. The van der Waals surface area contributed by atoms with E-state index in [4.69, 9.17) is 9.63 Å². The maximum Gasteiger partial charge on any atom is 0.358 e. The first-order chi connectivity index (χ1) is 8.36. The van der Waals surface area contributed by atoms with E-state index in [-0.39, 0.29) is 17.7 Å². The Morgan fingerprint density at radius 2 is 2.22 bits per heavy atom. The van der Waals surface area contributed by atoms with Gasteiger partial charge in [0.15, 0.2) is 11.5 Å². The number of aromatic nitrogens is 5. The molecule has 0 radical (unpaired) electrons. The Balaban J connectivity index is 2.14. The molecule has 0 fully saturated rings. The van der Waals surface area contributed by atoms with Crippen LogP contribution < -0.4 is 0 Å². The molecule has 0 bridgehead atoms. The molecule has 0 amide bonds. The highest BCUT2D eigenvalue weighted by atomic mass is 16.5. The SMILES string of the molecule is CC(C)(C)c1noc(Cn2cc(C(=O)O)nn2)n1. The molecule has 0 aromatic carbocycles. The van der Waals surface area contributed by atoms with E-state index in [1.165, 1.54) is 10.9 Å². The van der Waals surface area contributed by atoms with Crippen molar-refractivity contribution in [3.63, 3.8) is 0 Å². The summed E-state index contributed by atoms with van der Waals surface area (Å²) in [6.45, 7) is 6.11. The second kappa shape index (κ2) is 4.21. The average Bonchev–Trinajstić information content (AvgIpc) is 2.85. The predicted octanol–water partition coefficient (Wildman–Crippen LogP) is 0.705. The first-order valence-electron chi connectivity index (χ1n) is 5.33. The molecule has 2 aromatic heterocycles. The lowest BCUT2D eigenvalue weighted by atomic mass is 9.96. The van der Waals surface area contributed by atoms with Crippen LogP contribution in [0.25, 0.3) is 0 Å². The molecule has 0 aliphatic carbocycles. The maximum atomic E-state index is 10.6. The molecular formula is C10H13N5O3. The summed E-state index contributed by atoms with van der Waals surface area (Å²) in [7, 11) is 0. The smallest absolute Gasteiger partial charge is 0.358 e. The van der Waals surface area contributed by atoms with Gasteiger partial charge in [-0.05, 0) is 0 Å². The highest BCUT2D eigenvalue weighted by molar-refractivity contribution is 5.84. The number of carbonyl (C=O) groups is 1. The third kappa shape index (κ3) is 2.53. The van der Waals surface area contributed by atoms with Gasteiger partial charge in [-0.25, -0.2) is 9.48 Å². The molecule has 0 unspecified atom stereocenters. The first kappa shape index (κ1) is 12.2. The van der Waals surface area contributed by atoms with E-state index in [2.05, 4.69) is 20.5 Å². The van der Waals surface area contributed by atoms with Crippen LogP contribution >= 0.6 is 0 Å². The fourth-order valence-electron chi connectivity index (χ4n) is 1.24. The lowest BCUT2D eigenvalue weighted by molar-refractivity contribution is 0.0690. The predicted molar refractivity (Wildman–Crippen MR) is 59.1 cm³/mol. The highest BCUT2D eigenvalue weighted by Crippen LogP contribution is 2.18. The summed E-state index contributed by atoms with van der Waals surface area (Å²) in [6, 6.07) is 0. The number of aromatic carboxylic acids is 1. The minimum absolute atomic E-state index is 0.120. The molecule has 2 heterocycles. The second-order valence-corrected chi connectivity index (χ2v) is 4.87. The molecule has 0 aliphatic heterocycles. The molecule has 96 valence electrons. The Labute approximate surface area is 103 Å². The van der Waals surface area contributed by atoms with Crippen molar-refractivity contribution in [1.82, 2.24) is 25.1 Å². The van der Waals surface area contributed by atoms with Crippen LogP contribution in [-0.4, -0.2) is 36.2 Å². The van der Waals surface area contributed by atoms with Crippen molar-refractivity contribution in [2.75, 3.05) is 0 Å². The van der Waals surface area contributed by atoms with Gasteiger partial charge in [0.1, 0.15) is 6.54 Å². The Hall–Kier alpha value is -2.25. The van der Waals surface area contributed by atoms with E-state index < -0.39 is 5.97 Å². The van der Waals surface area contributed by atoms with Crippen molar-refractivity contribution in [1.29, 1.82) is 0 Å². The van der Waals surface area contributed by atoms with Crippen molar-refractivity contribution < 1.29 is 14.4 Å². The molecule has 0 spiro atoms. The monoisotopic (exact) mass is 251 g/mol. The highest BCUT2D eigenvalue weighted by Gasteiger charge is 2.21. The van der Waals surface area contributed by atoms with Crippen LogP contribution in [0.2, 0.25) is 0 Å². The third-order valence-corrected chi connectivity index (χ3v) is 2.19. The summed E-state index contributed by atoms with van der Waals surface area (Å²) in [6.07, 6.45) is 1.31. The Morgan fingerprint density at radius 1 is 1.50 bits per heavy atom. The largest absolute Gasteiger partial charge is 0.476 e. The van der Waals surface area contributed by atoms with Crippen molar-refractivity contribution in [3.8, 4) is 0 Å². The van der Waals surface area contributed by atoms with Gasteiger partial charge < -0.3 is 9.63 Å². The van der Waals surface area contributed by atoms with Gasteiger partial charge in [0.25, 0.3) is 0 Å². The maximum absolute atomic E-state index is 10.6. The van der Waals surface area contributed by atoms with Gasteiger partial charge in [0, 0.05) is 5.41 Å². The van der Waals surface area contributed by atoms with Crippen molar-refractivity contribution >= 4 is 5.97 Å². The minimum atomic E-state index is -1.12. The molecular weight excluding hydrogens is 238 g/mol. The van der Waals surface area contributed by atoms with Crippen molar-refractivity contribution in [2.24, 2.45) is 0 Å². The van der Waals surface area contributed by atoms with Crippen LogP contribution in [0, 0.1) is 0 Å². The van der Waals surface area contributed by atoms with Gasteiger partial charge in [-0.2, -0.15) is 4.98 Å². The van der Waals surface area contributed by atoms with Crippen molar-refractivity contribution in [3.05, 3.63) is 23.6 Å². The molecule has 18 heavy (non-hydrogen) atoms. The number of hydrogen-bond donors (Lipinski definition) is 1. The molecule has 0 aliphatic rings. The van der Waals surface area contributed by atoms with Gasteiger partial charge in [0.2, 0.25) is 5.89 Å².